The molecule has 0 fully saturated rings. The van der Waals surface area contributed by atoms with E-state index in [1.165, 1.54) is 11.8 Å². The Labute approximate surface area is 159 Å². The van der Waals surface area contributed by atoms with Gasteiger partial charge in [0.2, 0.25) is 5.91 Å². The summed E-state index contributed by atoms with van der Waals surface area (Å²) in [4.78, 5) is 23.8. The third-order valence-electron chi connectivity index (χ3n) is 3.50. The van der Waals surface area contributed by atoms with Crippen LogP contribution in [0.25, 0.3) is 0 Å². The Morgan fingerprint density at radius 3 is 2.78 bits per heavy atom. The van der Waals surface area contributed by atoms with Gasteiger partial charge in [-0.3, -0.25) is 4.79 Å². The number of nitrogens with one attached hydrogen (secondary N) is 1. The maximum absolute atomic E-state index is 12.2. The van der Waals surface area contributed by atoms with Crippen LogP contribution in [0.1, 0.15) is 23.0 Å². The first-order valence-corrected chi connectivity index (χ1v) is 9.24. The number of hydrogen-bond acceptors (Lipinski definition) is 7. The number of rotatable bonds is 8. The molecule has 3 aromatic rings. The molecule has 1 amide bonds. The van der Waals surface area contributed by atoms with Crippen LogP contribution >= 0.6 is 11.8 Å². The van der Waals surface area contributed by atoms with E-state index in [0.717, 1.165) is 5.76 Å². The minimum atomic E-state index is -0.387. The number of carbonyl (C=O) groups is 2. The Morgan fingerprint density at radius 1 is 1.26 bits per heavy atom. The number of thioether (sulfide) groups is 1. The van der Waals surface area contributed by atoms with Crippen LogP contribution in [0, 0.1) is 0 Å². The predicted octanol–water partition coefficient (Wildman–Crippen LogP) is 2.83. The van der Waals surface area contributed by atoms with Gasteiger partial charge < -0.3 is 19.0 Å². The molecule has 0 aliphatic heterocycles. The Bertz CT molecular complexity index is 890. The predicted molar refractivity (Wildman–Crippen MR) is 99.6 cm³/mol. The summed E-state index contributed by atoms with van der Waals surface area (Å²) in [6.45, 7) is 2.57. The molecule has 0 spiro atoms. The average molecular weight is 386 g/mol. The molecule has 140 valence electrons. The molecular formula is C18H18N4O4S. The lowest BCUT2D eigenvalue weighted by atomic mass is 10.2. The van der Waals surface area contributed by atoms with E-state index in [-0.39, 0.29) is 17.6 Å². The van der Waals surface area contributed by atoms with Gasteiger partial charge in [0.25, 0.3) is 0 Å². The lowest BCUT2D eigenvalue weighted by Crippen LogP contribution is -2.15. The molecule has 0 atom stereocenters. The second kappa shape index (κ2) is 9.04. The van der Waals surface area contributed by atoms with E-state index in [1.54, 1.807) is 43.8 Å². The zero-order valence-corrected chi connectivity index (χ0v) is 15.4. The fraction of sp³-hybridized carbons (Fsp3) is 0.222. The van der Waals surface area contributed by atoms with Crippen molar-refractivity contribution in [3.63, 3.8) is 0 Å². The fourth-order valence-corrected chi connectivity index (χ4v) is 2.98. The first-order valence-electron chi connectivity index (χ1n) is 8.25. The van der Waals surface area contributed by atoms with Crippen LogP contribution in [0.15, 0.2) is 58.6 Å². The zero-order valence-electron chi connectivity index (χ0n) is 14.6. The van der Waals surface area contributed by atoms with Crippen molar-refractivity contribution in [3.05, 3.63) is 60.3 Å². The van der Waals surface area contributed by atoms with Crippen molar-refractivity contribution in [1.82, 2.24) is 14.8 Å². The maximum Gasteiger partial charge on any atom is 0.338 e. The van der Waals surface area contributed by atoms with E-state index in [1.807, 2.05) is 16.7 Å². The lowest BCUT2D eigenvalue weighted by Gasteiger charge is -2.07. The van der Waals surface area contributed by atoms with Crippen LogP contribution < -0.4 is 5.32 Å². The highest BCUT2D eigenvalue weighted by Crippen LogP contribution is 2.17. The summed E-state index contributed by atoms with van der Waals surface area (Å²) >= 11 is 1.28. The fourth-order valence-electron chi connectivity index (χ4n) is 2.27. The summed E-state index contributed by atoms with van der Waals surface area (Å²) in [5.74, 6) is 0.386. The third-order valence-corrected chi connectivity index (χ3v) is 4.48. The Morgan fingerprint density at radius 2 is 2.07 bits per heavy atom. The van der Waals surface area contributed by atoms with E-state index in [9.17, 15) is 9.59 Å². The number of furan rings is 1. The number of ether oxygens (including phenoxy) is 1. The van der Waals surface area contributed by atoms with Crippen molar-refractivity contribution in [1.29, 1.82) is 0 Å². The quantitative estimate of drug-likeness (QED) is 0.469. The summed E-state index contributed by atoms with van der Waals surface area (Å²) in [6, 6.07) is 10.2. The molecule has 2 heterocycles. The van der Waals surface area contributed by atoms with Crippen molar-refractivity contribution in [2.45, 2.75) is 18.6 Å². The topological polar surface area (TPSA) is 99.2 Å². The van der Waals surface area contributed by atoms with E-state index in [2.05, 4.69) is 15.5 Å². The lowest BCUT2D eigenvalue weighted by molar-refractivity contribution is -0.113. The van der Waals surface area contributed by atoms with Gasteiger partial charge in [-0.05, 0) is 43.3 Å². The number of hydrogen-bond donors (Lipinski definition) is 1. The molecule has 0 aliphatic rings. The third kappa shape index (κ3) is 5.20. The minimum Gasteiger partial charge on any atom is -0.467 e. The second-order valence-corrected chi connectivity index (χ2v) is 6.40. The average Bonchev–Trinajstić information content (AvgIpc) is 3.33. The van der Waals surface area contributed by atoms with Gasteiger partial charge in [0.1, 0.15) is 12.1 Å². The zero-order chi connectivity index (χ0) is 19.1. The van der Waals surface area contributed by atoms with Crippen molar-refractivity contribution < 1.29 is 18.7 Å². The number of amides is 1. The molecule has 0 aliphatic carbocycles. The summed E-state index contributed by atoms with van der Waals surface area (Å²) in [6.07, 6.45) is 3.20. The molecule has 27 heavy (non-hydrogen) atoms. The molecule has 0 saturated heterocycles. The van der Waals surface area contributed by atoms with E-state index in [0.29, 0.717) is 29.6 Å². The van der Waals surface area contributed by atoms with Gasteiger partial charge in [0.15, 0.2) is 5.16 Å². The number of anilines is 1. The first-order chi connectivity index (χ1) is 13.2. The van der Waals surface area contributed by atoms with Gasteiger partial charge in [-0.2, -0.15) is 0 Å². The number of carbonyl (C=O) groups excluding carboxylic acids is 2. The van der Waals surface area contributed by atoms with Crippen molar-refractivity contribution >= 4 is 29.3 Å². The Balaban J connectivity index is 1.51. The van der Waals surface area contributed by atoms with Crippen LogP contribution in [0.3, 0.4) is 0 Å². The van der Waals surface area contributed by atoms with E-state index in [4.69, 9.17) is 9.15 Å². The summed E-state index contributed by atoms with van der Waals surface area (Å²) in [7, 11) is 0. The SMILES string of the molecule is CCOC(=O)c1ccc(NC(=O)CSc2nncn2Cc2ccco2)cc1. The number of esters is 1. The molecule has 0 bridgehead atoms. The Kier molecular flexibility index (Phi) is 6.26. The summed E-state index contributed by atoms with van der Waals surface area (Å²) in [5, 5.41) is 11.3. The summed E-state index contributed by atoms with van der Waals surface area (Å²) in [5.41, 5.74) is 1.04. The van der Waals surface area contributed by atoms with Crippen molar-refractivity contribution in [3.8, 4) is 0 Å². The highest BCUT2D eigenvalue weighted by molar-refractivity contribution is 7.99. The highest BCUT2D eigenvalue weighted by atomic mass is 32.2. The van der Waals surface area contributed by atoms with Crippen LogP contribution in [-0.2, 0) is 16.1 Å². The smallest absolute Gasteiger partial charge is 0.338 e. The molecule has 0 radical (unpaired) electrons. The highest BCUT2D eigenvalue weighted by Gasteiger charge is 2.11. The molecule has 1 N–H and O–H groups in total. The Hall–Kier alpha value is -3.07. The first kappa shape index (κ1) is 18.7. The van der Waals surface area contributed by atoms with Gasteiger partial charge in [-0.25, -0.2) is 4.79 Å². The molecule has 1 aromatic carbocycles. The van der Waals surface area contributed by atoms with Crippen LogP contribution in [0.5, 0.6) is 0 Å². The van der Waals surface area contributed by atoms with Gasteiger partial charge in [-0.1, -0.05) is 11.8 Å². The second-order valence-electron chi connectivity index (χ2n) is 5.46. The standard InChI is InChI=1S/C18H18N4O4S/c1-2-25-17(24)13-5-7-14(8-6-13)20-16(23)11-27-18-21-19-12-22(18)10-15-4-3-9-26-15/h3-9,12H,2,10-11H2,1H3,(H,20,23). The van der Waals surface area contributed by atoms with Crippen molar-refractivity contribution in [2.24, 2.45) is 0 Å². The normalized spacial score (nSPS) is 10.6. The van der Waals surface area contributed by atoms with Gasteiger partial charge in [0.05, 0.1) is 30.7 Å². The number of nitrogens with zero attached hydrogens (tertiary/aromatic N) is 3. The van der Waals surface area contributed by atoms with Crippen LogP contribution in [-0.4, -0.2) is 39.0 Å². The maximum atomic E-state index is 12.2. The van der Waals surface area contributed by atoms with E-state index < -0.39 is 0 Å². The largest absolute Gasteiger partial charge is 0.467 e. The monoisotopic (exact) mass is 386 g/mol. The van der Waals surface area contributed by atoms with Gasteiger partial charge in [0, 0.05) is 5.69 Å². The number of aromatic nitrogens is 3. The van der Waals surface area contributed by atoms with Crippen LogP contribution in [0.2, 0.25) is 0 Å². The van der Waals surface area contributed by atoms with Crippen molar-refractivity contribution in [2.75, 3.05) is 17.7 Å². The molecule has 0 unspecified atom stereocenters. The molecule has 8 nitrogen and oxygen atoms in total. The number of benzene rings is 1. The molecule has 3 rings (SSSR count). The van der Waals surface area contributed by atoms with Gasteiger partial charge >= 0.3 is 5.97 Å². The molecule has 0 saturated carbocycles. The molecule has 2 aromatic heterocycles. The van der Waals surface area contributed by atoms with Gasteiger partial charge in [-0.15, -0.1) is 10.2 Å². The molecule has 9 heteroatoms. The minimum absolute atomic E-state index is 0.177. The van der Waals surface area contributed by atoms with Crippen LogP contribution in [0.4, 0.5) is 5.69 Å². The van der Waals surface area contributed by atoms with E-state index >= 15 is 0 Å². The summed E-state index contributed by atoms with van der Waals surface area (Å²) < 4.78 is 12.0. The molecular weight excluding hydrogens is 368 g/mol.